The molecule has 2 aromatic rings. The molecule has 1 aliphatic carbocycles. The van der Waals surface area contributed by atoms with Crippen LogP contribution in [0.1, 0.15) is 39.5 Å². The van der Waals surface area contributed by atoms with Crippen LogP contribution in [0.15, 0.2) is 23.4 Å². The minimum absolute atomic E-state index is 0.0328. The van der Waals surface area contributed by atoms with Gasteiger partial charge in [-0.15, -0.1) is 5.10 Å². The van der Waals surface area contributed by atoms with Crippen molar-refractivity contribution in [3.63, 3.8) is 0 Å². The molecule has 1 saturated carbocycles. The third-order valence-corrected chi connectivity index (χ3v) is 6.17. The maximum absolute atomic E-state index is 12.5. The molecule has 6 nitrogen and oxygen atoms in total. The highest BCUT2D eigenvalue weighted by Crippen LogP contribution is 2.32. The van der Waals surface area contributed by atoms with Crippen LogP contribution in [-0.4, -0.2) is 39.5 Å². The second kappa shape index (κ2) is 8.97. The van der Waals surface area contributed by atoms with Crippen LogP contribution >= 0.6 is 23.4 Å². The van der Waals surface area contributed by atoms with Gasteiger partial charge in [-0.1, -0.05) is 43.1 Å². The Morgan fingerprint density at radius 1 is 1.41 bits per heavy atom. The van der Waals surface area contributed by atoms with Gasteiger partial charge in [-0.2, -0.15) is 0 Å². The van der Waals surface area contributed by atoms with Gasteiger partial charge in [0.15, 0.2) is 5.82 Å². The van der Waals surface area contributed by atoms with Crippen molar-refractivity contribution in [3.8, 4) is 17.1 Å². The summed E-state index contributed by atoms with van der Waals surface area (Å²) in [6.07, 6.45) is 4.68. The van der Waals surface area contributed by atoms with E-state index in [1.165, 1.54) is 31.0 Å². The topological polar surface area (TPSA) is 79.9 Å². The lowest BCUT2D eigenvalue weighted by atomic mass is 9.86. The monoisotopic (exact) mass is 408 g/mol. The second-order valence-electron chi connectivity index (χ2n) is 6.95. The van der Waals surface area contributed by atoms with Crippen LogP contribution in [0.4, 0.5) is 0 Å². The first kappa shape index (κ1) is 20.0. The van der Waals surface area contributed by atoms with Crippen molar-refractivity contribution in [1.82, 2.24) is 20.5 Å². The van der Waals surface area contributed by atoms with E-state index in [1.54, 1.807) is 25.3 Å². The number of hydrogen-bond acceptors (Lipinski definition) is 5. The molecule has 0 spiro atoms. The summed E-state index contributed by atoms with van der Waals surface area (Å²) in [5, 5.41) is 11.2. The van der Waals surface area contributed by atoms with Crippen LogP contribution in [0, 0.1) is 5.92 Å². The number of nitrogens with zero attached hydrogens (tertiary/aromatic N) is 2. The Balaban J connectivity index is 1.65. The molecule has 0 bridgehead atoms. The van der Waals surface area contributed by atoms with Gasteiger partial charge >= 0.3 is 0 Å². The molecule has 146 valence electrons. The molecule has 2 N–H and O–H groups in total. The normalized spacial score (nSPS) is 20.9. The van der Waals surface area contributed by atoms with Crippen molar-refractivity contribution in [2.75, 3.05) is 7.11 Å². The number of H-pyrrole nitrogens is 1. The van der Waals surface area contributed by atoms with Crippen molar-refractivity contribution in [1.29, 1.82) is 0 Å². The molecule has 0 unspecified atom stereocenters. The minimum atomic E-state index is -0.274. The number of aromatic nitrogens is 3. The number of halogens is 1. The molecule has 1 aliphatic rings. The van der Waals surface area contributed by atoms with E-state index in [9.17, 15) is 4.79 Å². The number of nitrogens with one attached hydrogen (secondary N) is 2. The molecule has 8 heteroatoms. The summed E-state index contributed by atoms with van der Waals surface area (Å²) in [5.74, 6) is 1.78. The Morgan fingerprint density at radius 2 is 2.19 bits per heavy atom. The fourth-order valence-corrected chi connectivity index (χ4v) is 4.23. The number of aromatic amines is 1. The van der Waals surface area contributed by atoms with Crippen LogP contribution in [0.5, 0.6) is 5.75 Å². The number of carbonyl (C=O) groups is 1. The van der Waals surface area contributed by atoms with Crippen molar-refractivity contribution in [2.24, 2.45) is 5.92 Å². The first-order valence-corrected chi connectivity index (χ1v) is 10.5. The van der Waals surface area contributed by atoms with Crippen molar-refractivity contribution >= 4 is 29.3 Å². The van der Waals surface area contributed by atoms with Crippen LogP contribution < -0.4 is 10.1 Å². The van der Waals surface area contributed by atoms with Gasteiger partial charge in [0.2, 0.25) is 11.1 Å². The second-order valence-corrected chi connectivity index (χ2v) is 8.69. The summed E-state index contributed by atoms with van der Waals surface area (Å²) in [6.45, 7) is 4.09. The van der Waals surface area contributed by atoms with Crippen molar-refractivity contribution in [2.45, 2.75) is 56.0 Å². The van der Waals surface area contributed by atoms with E-state index in [-0.39, 0.29) is 17.2 Å². The highest BCUT2D eigenvalue weighted by molar-refractivity contribution is 8.00. The minimum Gasteiger partial charge on any atom is -0.496 e. The zero-order valence-corrected chi connectivity index (χ0v) is 17.4. The SMILES string of the molecule is COc1ccc(Cl)cc1-c1nc(S[C@H](C)C(=O)N[C@@H]2CCCC[C@H]2C)n[nH]1. The molecule has 1 aromatic carbocycles. The highest BCUT2D eigenvalue weighted by Gasteiger charge is 2.26. The zero-order chi connectivity index (χ0) is 19.4. The van der Waals surface area contributed by atoms with Gasteiger partial charge < -0.3 is 10.1 Å². The molecule has 1 aromatic heterocycles. The number of rotatable bonds is 6. The van der Waals surface area contributed by atoms with E-state index in [0.717, 1.165) is 12.0 Å². The third-order valence-electron chi connectivity index (χ3n) is 4.97. The Morgan fingerprint density at radius 3 is 2.93 bits per heavy atom. The first-order chi connectivity index (χ1) is 13.0. The fourth-order valence-electron chi connectivity index (χ4n) is 3.33. The molecule has 0 radical (unpaired) electrons. The summed E-state index contributed by atoms with van der Waals surface area (Å²) in [4.78, 5) is 17.0. The van der Waals surface area contributed by atoms with E-state index >= 15 is 0 Å². The predicted octanol–water partition coefficient (Wildman–Crippen LogP) is 4.31. The molecular formula is C19H25ClN4O2S. The summed E-state index contributed by atoms with van der Waals surface area (Å²) in [7, 11) is 1.59. The van der Waals surface area contributed by atoms with E-state index in [4.69, 9.17) is 16.3 Å². The van der Waals surface area contributed by atoms with Gasteiger partial charge in [-0.05, 0) is 43.9 Å². The van der Waals surface area contributed by atoms with Crippen LogP contribution in [0.3, 0.4) is 0 Å². The lowest BCUT2D eigenvalue weighted by Gasteiger charge is -2.30. The van der Waals surface area contributed by atoms with Crippen molar-refractivity contribution < 1.29 is 9.53 Å². The summed E-state index contributed by atoms with van der Waals surface area (Å²) >= 11 is 7.42. The molecular weight excluding hydrogens is 384 g/mol. The third kappa shape index (κ3) is 4.96. The van der Waals surface area contributed by atoms with Gasteiger partial charge in [0.25, 0.3) is 0 Å². The standard InChI is InChI=1S/C19H25ClN4O2S/c1-11-6-4-5-7-15(11)21-18(25)12(2)27-19-22-17(23-24-19)14-10-13(20)8-9-16(14)26-3/h8-12,15H,4-7H2,1-3H3,(H,21,25)(H,22,23,24)/t11-,12-,15-/m1/s1. The van der Waals surface area contributed by atoms with Gasteiger partial charge in [-0.3, -0.25) is 9.89 Å². The number of amides is 1. The lowest BCUT2D eigenvalue weighted by Crippen LogP contribution is -2.44. The molecule has 0 saturated heterocycles. The lowest BCUT2D eigenvalue weighted by molar-refractivity contribution is -0.121. The molecule has 0 aliphatic heterocycles. The Hall–Kier alpha value is -1.73. The molecule has 1 heterocycles. The quantitative estimate of drug-likeness (QED) is 0.696. The molecule has 3 atom stereocenters. The zero-order valence-electron chi connectivity index (χ0n) is 15.8. The van der Waals surface area contributed by atoms with Crippen LogP contribution in [-0.2, 0) is 4.79 Å². The number of hydrogen-bond donors (Lipinski definition) is 2. The number of carbonyl (C=O) groups excluding carboxylic acids is 1. The summed E-state index contributed by atoms with van der Waals surface area (Å²) in [5.41, 5.74) is 0.734. The first-order valence-electron chi connectivity index (χ1n) is 9.21. The van der Waals surface area contributed by atoms with Gasteiger partial charge in [0, 0.05) is 11.1 Å². The average Bonchev–Trinajstić information content (AvgIpc) is 3.11. The van der Waals surface area contributed by atoms with Gasteiger partial charge in [-0.25, -0.2) is 4.98 Å². The molecule has 27 heavy (non-hydrogen) atoms. The highest BCUT2D eigenvalue weighted by atomic mass is 35.5. The number of ether oxygens (including phenoxy) is 1. The smallest absolute Gasteiger partial charge is 0.233 e. The molecule has 3 rings (SSSR count). The van der Waals surface area contributed by atoms with E-state index in [0.29, 0.717) is 27.7 Å². The summed E-state index contributed by atoms with van der Waals surface area (Å²) in [6, 6.07) is 5.59. The summed E-state index contributed by atoms with van der Waals surface area (Å²) < 4.78 is 5.36. The average molecular weight is 409 g/mol. The number of thioether (sulfide) groups is 1. The number of benzene rings is 1. The Labute approximate surface area is 168 Å². The Kier molecular flexibility index (Phi) is 6.65. The number of methoxy groups -OCH3 is 1. The van der Waals surface area contributed by atoms with E-state index in [1.807, 2.05) is 6.92 Å². The van der Waals surface area contributed by atoms with Crippen molar-refractivity contribution in [3.05, 3.63) is 23.2 Å². The van der Waals surface area contributed by atoms with Crippen LogP contribution in [0.2, 0.25) is 5.02 Å². The van der Waals surface area contributed by atoms with E-state index < -0.39 is 0 Å². The molecule has 1 amide bonds. The molecule has 1 fully saturated rings. The van der Waals surface area contributed by atoms with Gasteiger partial charge in [0.05, 0.1) is 17.9 Å². The Bertz CT molecular complexity index is 798. The predicted molar refractivity (Wildman–Crippen MR) is 108 cm³/mol. The van der Waals surface area contributed by atoms with E-state index in [2.05, 4.69) is 27.4 Å². The van der Waals surface area contributed by atoms with Crippen LogP contribution in [0.25, 0.3) is 11.4 Å². The maximum Gasteiger partial charge on any atom is 0.233 e. The fraction of sp³-hybridized carbons (Fsp3) is 0.526. The maximum atomic E-state index is 12.5. The van der Waals surface area contributed by atoms with Gasteiger partial charge in [0.1, 0.15) is 5.75 Å². The largest absolute Gasteiger partial charge is 0.496 e.